The van der Waals surface area contributed by atoms with Crippen LogP contribution in [0.15, 0.2) is 33.3 Å². The molecule has 0 aliphatic heterocycles. The predicted molar refractivity (Wildman–Crippen MR) is 71.0 cm³/mol. The average molecular weight is 312 g/mol. The van der Waals surface area contributed by atoms with Crippen LogP contribution >= 0.6 is 15.9 Å². The van der Waals surface area contributed by atoms with Gasteiger partial charge in [-0.3, -0.25) is 0 Å². The van der Waals surface area contributed by atoms with E-state index < -0.39 is 0 Å². The molecule has 1 heterocycles. The molecular formula is C12H14BrN3O2. The molecule has 0 aliphatic rings. The van der Waals surface area contributed by atoms with Crippen molar-refractivity contribution in [3.05, 3.63) is 34.6 Å². The quantitative estimate of drug-likeness (QED) is 0.914. The Morgan fingerprint density at radius 2 is 2.11 bits per heavy atom. The Balaban J connectivity index is 2.08. The summed E-state index contributed by atoms with van der Waals surface area (Å²) < 4.78 is 11.1. The Morgan fingerprint density at radius 1 is 1.39 bits per heavy atom. The molecule has 0 bridgehead atoms. The minimum absolute atomic E-state index is 0.131. The lowest BCUT2D eigenvalue weighted by Gasteiger charge is -2.05. The molecule has 1 unspecified atom stereocenters. The molecule has 0 aliphatic carbocycles. The average Bonchev–Trinajstić information content (AvgIpc) is 2.78. The molecule has 1 aromatic carbocycles. The van der Waals surface area contributed by atoms with Gasteiger partial charge < -0.3 is 15.0 Å². The minimum Gasteiger partial charge on any atom is -0.383 e. The van der Waals surface area contributed by atoms with Crippen LogP contribution in [0.5, 0.6) is 0 Å². The van der Waals surface area contributed by atoms with E-state index in [2.05, 4.69) is 26.1 Å². The molecule has 6 heteroatoms. The van der Waals surface area contributed by atoms with Crippen molar-refractivity contribution in [2.24, 2.45) is 5.73 Å². The van der Waals surface area contributed by atoms with E-state index in [4.69, 9.17) is 15.0 Å². The van der Waals surface area contributed by atoms with Gasteiger partial charge in [0, 0.05) is 29.6 Å². The van der Waals surface area contributed by atoms with Crippen LogP contribution < -0.4 is 5.73 Å². The summed E-state index contributed by atoms with van der Waals surface area (Å²) >= 11 is 3.38. The first-order valence-electron chi connectivity index (χ1n) is 5.52. The fourth-order valence-corrected chi connectivity index (χ4v) is 1.82. The standard InChI is InChI=1S/C12H14BrN3O2/c1-17-7-10(14)6-11-15-12(16-18-11)8-2-4-9(13)5-3-8/h2-5,10H,6-7,14H2,1H3. The van der Waals surface area contributed by atoms with Gasteiger partial charge in [0.15, 0.2) is 0 Å². The summed E-state index contributed by atoms with van der Waals surface area (Å²) in [5.74, 6) is 1.10. The molecule has 96 valence electrons. The summed E-state index contributed by atoms with van der Waals surface area (Å²) in [5.41, 5.74) is 6.74. The van der Waals surface area contributed by atoms with Crippen molar-refractivity contribution in [2.45, 2.75) is 12.5 Å². The van der Waals surface area contributed by atoms with E-state index >= 15 is 0 Å². The molecule has 0 radical (unpaired) electrons. The fourth-order valence-electron chi connectivity index (χ4n) is 1.55. The summed E-state index contributed by atoms with van der Waals surface area (Å²) in [5, 5.41) is 3.93. The number of ether oxygens (including phenoxy) is 1. The van der Waals surface area contributed by atoms with Gasteiger partial charge in [0.2, 0.25) is 11.7 Å². The van der Waals surface area contributed by atoms with Crippen molar-refractivity contribution in [2.75, 3.05) is 13.7 Å². The number of nitrogens with two attached hydrogens (primary N) is 1. The zero-order chi connectivity index (χ0) is 13.0. The monoisotopic (exact) mass is 311 g/mol. The maximum atomic E-state index is 5.83. The second-order valence-corrected chi connectivity index (χ2v) is 4.85. The van der Waals surface area contributed by atoms with Gasteiger partial charge in [-0.1, -0.05) is 21.1 Å². The van der Waals surface area contributed by atoms with Crippen molar-refractivity contribution in [1.82, 2.24) is 10.1 Å². The van der Waals surface area contributed by atoms with Crippen molar-refractivity contribution in [3.8, 4) is 11.4 Å². The molecule has 0 amide bonds. The van der Waals surface area contributed by atoms with Crippen molar-refractivity contribution >= 4 is 15.9 Å². The second kappa shape index (κ2) is 6.08. The lowest BCUT2D eigenvalue weighted by molar-refractivity contribution is 0.176. The van der Waals surface area contributed by atoms with Gasteiger partial charge in [0.05, 0.1) is 6.61 Å². The zero-order valence-corrected chi connectivity index (χ0v) is 11.6. The molecule has 0 spiro atoms. The zero-order valence-electron chi connectivity index (χ0n) is 9.97. The number of methoxy groups -OCH3 is 1. The van der Waals surface area contributed by atoms with Crippen LogP contribution in [0.25, 0.3) is 11.4 Å². The summed E-state index contributed by atoms with van der Waals surface area (Å²) in [7, 11) is 1.61. The lowest BCUT2D eigenvalue weighted by Crippen LogP contribution is -2.28. The third-order valence-electron chi connectivity index (χ3n) is 2.39. The maximum absolute atomic E-state index is 5.83. The highest BCUT2D eigenvalue weighted by atomic mass is 79.9. The summed E-state index contributed by atoms with van der Waals surface area (Å²) in [6, 6.07) is 7.58. The van der Waals surface area contributed by atoms with Gasteiger partial charge in [-0.05, 0) is 24.3 Å². The Morgan fingerprint density at radius 3 is 2.78 bits per heavy atom. The van der Waals surface area contributed by atoms with Gasteiger partial charge >= 0.3 is 0 Å². The van der Waals surface area contributed by atoms with E-state index in [9.17, 15) is 0 Å². The van der Waals surface area contributed by atoms with E-state index in [1.54, 1.807) is 7.11 Å². The molecule has 2 aromatic rings. The molecule has 0 saturated carbocycles. The summed E-state index contributed by atoms with van der Waals surface area (Å²) in [4.78, 5) is 4.30. The van der Waals surface area contributed by atoms with Gasteiger partial charge in [0.1, 0.15) is 0 Å². The molecule has 18 heavy (non-hydrogen) atoms. The van der Waals surface area contributed by atoms with Gasteiger partial charge in [-0.15, -0.1) is 0 Å². The lowest BCUT2D eigenvalue weighted by atomic mass is 10.2. The SMILES string of the molecule is COCC(N)Cc1nc(-c2ccc(Br)cc2)no1. The van der Waals surface area contributed by atoms with Crippen molar-refractivity contribution < 1.29 is 9.26 Å². The molecule has 2 N–H and O–H groups in total. The van der Waals surface area contributed by atoms with Crippen molar-refractivity contribution in [1.29, 1.82) is 0 Å². The highest BCUT2D eigenvalue weighted by Crippen LogP contribution is 2.19. The number of benzene rings is 1. The van der Waals surface area contributed by atoms with E-state index in [1.165, 1.54) is 0 Å². The topological polar surface area (TPSA) is 74.2 Å². The van der Waals surface area contributed by atoms with Gasteiger partial charge in [-0.2, -0.15) is 4.98 Å². The number of aromatic nitrogens is 2. The Bertz CT molecular complexity index is 498. The second-order valence-electron chi connectivity index (χ2n) is 3.94. The Kier molecular flexibility index (Phi) is 4.46. The van der Waals surface area contributed by atoms with Crippen LogP contribution in [-0.2, 0) is 11.2 Å². The number of hydrogen-bond acceptors (Lipinski definition) is 5. The highest BCUT2D eigenvalue weighted by Gasteiger charge is 2.12. The molecular weight excluding hydrogens is 298 g/mol. The largest absolute Gasteiger partial charge is 0.383 e. The van der Waals surface area contributed by atoms with Crippen LogP contribution in [-0.4, -0.2) is 29.9 Å². The smallest absolute Gasteiger partial charge is 0.228 e. The van der Waals surface area contributed by atoms with Gasteiger partial charge in [0.25, 0.3) is 0 Å². The number of halogens is 1. The number of rotatable bonds is 5. The first kappa shape index (κ1) is 13.2. The van der Waals surface area contributed by atoms with Crippen LogP contribution in [0.4, 0.5) is 0 Å². The molecule has 1 aromatic heterocycles. The van der Waals surface area contributed by atoms with Crippen LogP contribution in [0.1, 0.15) is 5.89 Å². The summed E-state index contributed by atoms with van der Waals surface area (Å²) in [6.07, 6.45) is 0.511. The fraction of sp³-hybridized carbons (Fsp3) is 0.333. The highest BCUT2D eigenvalue weighted by molar-refractivity contribution is 9.10. The predicted octanol–water partition coefficient (Wildman–Crippen LogP) is 2.02. The first-order chi connectivity index (χ1) is 8.69. The molecule has 2 rings (SSSR count). The van der Waals surface area contributed by atoms with E-state index in [0.717, 1.165) is 10.0 Å². The van der Waals surface area contributed by atoms with Crippen LogP contribution in [0, 0.1) is 0 Å². The van der Waals surface area contributed by atoms with Gasteiger partial charge in [-0.25, -0.2) is 0 Å². The van der Waals surface area contributed by atoms with Crippen LogP contribution in [0.2, 0.25) is 0 Å². The van der Waals surface area contributed by atoms with E-state index in [1.807, 2.05) is 24.3 Å². The van der Waals surface area contributed by atoms with E-state index in [0.29, 0.717) is 24.7 Å². The van der Waals surface area contributed by atoms with E-state index in [-0.39, 0.29) is 6.04 Å². The Hall–Kier alpha value is -1.24. The molecule has 1 atom stereocenters. The molecule has 5 nitrogen and oxygen atoms in total. The normalized spacial score (nSPS) is 12.6. The number of hydrogen-bond donors (Lipinski definition) is 1. The maximum Gasteiger partial charge on any atom is 0.228 e. The van der Waals surface area contributed by atoms with Crippen molar-refractivity contribution in [3.63, 3.8) is 0 Å². The number of nitrogens with zero attached hydrogens (tertiary/aromatic N) is 2. The van der Waals surface area contributed by atoms with Crippen LogP contribution in [0.3, 0.4) is 0 Å². The minimum atomic E-state index is -0.131. The molecule has 0 saturated heterocycles. The summed E-state index contributed by atoms with van der Waals surface area (Å²) in [6.45, 7) is 0.468. The third kappa shape index (κ3) is 3.38. The first-order valence-corrected chi connectivity index (χ1v) is 6.31. The third-order valence-corrected chi connectivity index (χ3v) is 2.92. The Labute approximate surface area is 113 Å². The molecule has 0 fully saturated rings.